The molecule has 0 aliphatic heterocycles. The lowest BCUT2D eigenvalue weighted by molar-refractivity contribution is 0.789. The van der Waals surface area contributed by atoms with Crippen molar-refractivity contribution >= 4 is 11.5 Å². The van der Waals surface area contributed by atoms with Crippen LogP contribution in [0.2, 0.25) is 0 Å². The van der Waals surface area contributed by atoms with Gasteiger partial charge in [-0.3, -0.25) is 0 Å². The highest BCUT2D eigenvalue weighted by molar-refractivity contribution is 5.58. The van der Waals surface area contributed by atoms with Crippen LogP contribution in [0.25, 0.3) is 0 Å². The van der Waals surface area contributed by atoms with Crippen molar-refractivity contribution in [2.24, 2.45) is 0 Å². The minimum atomic E-state index is 0.677. The predicted octanol–water partition coefficient (Wildman–Crippen LogP) is 3.57. The van der Waals surface area contributed by atoms with E-state index in [0.29, 0.717) is 5.56 Å². The van der Waals surface area contributed by atoms with E-state index in [4.69, 9.17) is 5.26 Å². The van der Waals surface area contributed by atoms with Gasteiger partial charge in [0.15, 0.2) is 0 Å². The fourth-order valence-corrected chi connectivity index (χ4v) is 2.38. The van der Waals surface area contributed by atoms with Crippen molar-refractivity contribution in [2.45, 2.75) is 6.54 Å². The Labute approximate surface area is 129 Å². The van der Waals surface area contributed by atoms with E-state index in [1.54, 1.807) is 0 Å². The SMILES string of the molecule is CN(c1ccccc1)c1cncn1Cc1ccc(C#N)cc1. The van der Waals surface area contributed by atoms with E-state index in [1.807, 2.05) is 62.0 Å². The highest BCUT2D eigenvalue weighted by Gasteiger charge is 2.09. The molecule has 0 atom stereocenters. The minimum absolute atomic E-state index is 0.677. The van der Waals surface area contributed by atoms with Crippen LogP contribution in [0.5, 0.6) is 0 Å². The largest absolute Gasteiger partial charge is 0.330 e. The van der Waals surface area contributed by atoms with Crippen LogP contribution in [-0.4, -0.2) is 16.6 Å². The van der Waals surface area contributed by atoms with Gasteiger partial charge in [0.25, 0.3) is 0 Å². The van der Waals surface area contributed by atoms with Gasteiger partial charge >= 0.3 is 0 Å². The summed E-state index contributed by atoms with van der Waals surface area (Å²) >= 11 is 0. The summed E-state index contributed by atoms with van der Waals surface area (Å²) in [7, 11) is 2.03. The van der Waals surface area contributed by atoms with Gasteiger partial charge in [-0.25, -0.2) is 4.98 Å². The molecule has 2 aromatic carbocycles. The van der Waals surface area contributed by atoms with Gasteiger partial charge in [0.05, 0.1) is 30.7 Å². The van der Waals surface area contributed by atoms with Crippen LogP contribution in [-0.2, 0) is 6.54 Å². The lowest BCUT2D eigenvalue weighted by Crippen LogP contribution is -2.14. The highest BCUT2D eigenvalue weighted by Crippen LogP contribution is 2.23. The maximum absolute atomic E-state index is 8.86. The molecule has 0 aliphatic rings. The Balaban J connectivity index is 1.84. The van der Waals surface area contributed by atoms with Crippen LogP contribution in [0.4, 0.5) is 11.5 Å². The average Bonchev–Trinajstić information content (AvgIpc) is 3.04. The van der Waals surface area contributed by atoms with Crippen molar-refractivity contribution in [2.75, 3.05) is 11.9 Å². The van der Waals surface area contributed by atoms with Crippen molar-refractivity contribution in [3.8, 4) is 6.07 Å². The van der Waals surface area contributed by atoms with Gasteiger partial charge in [0.1, 0.15) is 5.82 Å². The van der Waals surface area contributed by atoms with Crippen molar-refractivity contribution in [1.82, 2.24) is 9.55 Å². The first kappa shape index (κ1) is 13.9. The van der Waals surface area contributed by atoms with Crippen molar-refractivity contribution < 1.29 is 0 Å². The third kappa shape index (κ3) is 2.84. The Morgan fingerprint density at radius 3 is 2.50 bits per heavy atom. The molecule has 1 heterocycles. The first-order chi connectivity index (χ1) is 10.8. The summed E-state index contributed by atoms with van der Waals surface area (Å²) < 4.78 is 2.09. The van der Waals surface area contributed by atoms with E-state index in [1.165, 1.54) is 0 Å². The molecule has 0 radical (unpaired) electrons. The molecule has 0 amide bonds. The summed E-state index contributed by atoms with van der Waals surface area (Å²) in [5, 5.41) is 8.86. The third-order valence-electron chi connectivity index (χ3n) is 3.61. The summed E-state index contributed by atoms with van der Waals surface area (Å²) in [5.41, 5.74) is 2.93. The zero-order valence-electron chi connectivity index (χ0n) is 12.3. The number of para-hydroxylation sites is 1. The van der Waals surface area contributed by atoms with E-state index in [2.05, 4.69) is 32.7 Å². The monoisotopic (exact) mass is 288 g/mol. The van der Waals surface area contributed by atoms with Crippen molar-refractivity contribution in [1.29, 1.82) is 5.26 Å². The van der Waals surface area contributed by atoms with Gasteiger partial charge in [-0.15, -0.1) is 0 Å². The molecule has 3 rings (SSSR count). The van der Waals surface area contributed by atoms with E-state index in [0.717, 1.165) is 23.6 Å². The quantitative estimate of drug-likeness (QED) is 0.737. The molecule has 0 aliphatic carbocycles. The number of hydrogen-bond donors (Lipinski definition) is 0. The second kappa shape index (κ2) is 6.15. The molecular formula is C18H16N4. The molecule has 0 saturated heterocycles. The molecule has 0 spiro atoms. The molecule has 1 aromatic heterocycles. The maximum atomic E-state index is 8.86. The Morgan fingerprint density at radius 2 is 1.82 bits per heavy atom. The van der Waals surface area contributed by atoms with Gasteiger partial charge in [-0.1, -0.05) is 30.3 Å². The molecule has 4 nitrogen and oxygen atoms in total. The van der Waals surface area contributed by atoms with E-state index < -0.39 is 0 Å². The molecule has 0 unspecified atom stereocenters. The van der Waals surface area contributed by atoms with Gasteiger partial charge in [0, 0.05) is 12.7 Å². The van der Waals surface area contributed by atoms with Crippen LogP contribution < -0.4 is 4.90 Å². The van der Waals surface area contributed by atoms with Crippen molar-refractivity contribution in [3.05, 3.63) is 78.2 Å². The Hall–Kier alpha value is -3.06. The summed E-state index contributed by atoms with van der Waals surface area (Å²) in [5.74, 6) is 1.02. The fraction of sp³-hybridized carbons (Fsp3) is 0.111. The number of imidazole rings is 1. The first-order valence-electron chi connectivity index (χ1n) is 7.06. The maximum Gasteiger partial charge on any atom is 0.133 e. The zero-order chi connectivity index (χ0) is 15.4. The van der Waals surface area contributed by atoms with Gasteiger partial charge < -0.3 is 9.47 Å². The van der Waals surface area contributed by atoms with Crippen LogP contribution in [0.3, 0.4) is 0 Å². The van der Waals surface area contributed by atoms with Crippen molar-refractivity contribution in [3.63, 3.8) is 0 Å². The molecular weight excluding hydrogens is 272 g/mol. The third-order valence-corrected chi connectivity index (χ3v) is 3.61. The summed E-state index contributed by atoms with van der Waals surface area (Å²) in [6.45, 7) is 0.720. The van der Waals surface area contributed by atoms with Crippen LogP contribution >= 0.6 is 0 Å². The summed E-state index contributed by atoms with van der Waals surface area (Å²) in [6.07, 6.45) is 3.68. The standard InChI is InChI=1S/C18H16N4/c1-21(17-5-3-2-4-6-17)18-12-20-14-22(18)13-16-9-7-15(11-19)8-10-16/h2-10,12,14H,13H2,1H3. The molecule has 22 heavy (non-hydrogen) atoms. The molecule has 0 fully saturated rings. The fourth-order valence-electron chi connectivity index (χ4n) is 2.38. The average molecular weight is 288 g/mol. The second-order valence-electron chi connectivity index (χ2n) is 5.08. The Morgan fingerprint density at radius 1 is 1.09 bits per heavy atom. The number of nitriles is 1. The van der Waals surface area contributed by atoms with Gasteiger partial charge in [0.2, 0.25) is 0 Å². The van der Waals surface area contributed by atoms with E-state index in [-0.39, 0.29) is 0 Å². The topological polar surface area (TPSA) is 44.9 Å². The Kier molecular flexibility index (Phi) is 3.88. The van der Waals surface area contributed by atoms with E-state index in [9.17, 15) is 0 Å². The number of anilines is 2. The van der Waals surface area contributed by atoms with Gasteiger partial charge in [-0.05, 0) is 29.8 Å². The number of rotatable bonds is 4. The second-order valence-corrected chi connectivity index (χ2v) is 5.08. The van der Waals surface area contributed by atoms with Crippen LogP contribution in [0.1, 0.15) is 11.1 Å². The number of hydrogen-bond acceptors (Lipinski definition) is 3. The number of nitrogens with zero attached hydrogens (tertiary/aromatic N) is 4. The molecule has 4 heteroatoms. The summed E-state index contributed by atoms with van der Waals surface area (Å²) in [6, 6.07) is 20.0. The lowest BCUT2D eigenvalue weighted by Gasteiger charge is -2.20. The zero-order valence-corrected chi connectivity index (χ0v) is 12.3. The minimum Gasteiger partial charge on any atom is -0.330 e. The van der Waals surface area contributed by atoms with E-state index >= 15 is 0 Å². The normalized spacial score (nSPS) is 10.2. The predicted molar refractivity (Wildman–Crippen MR) is 87.0 cm³/mol. The number of benzene rings is 2. The van der Waals surface area contributed by atoms with Crippen LogP contribution in [0, 0.1) is 11.3 Å². The molecule has 0 bridgehead atoms. The molecule has 0 saturated carbocycles. The van der Waals surface area contributed by atoms with Gasteiger partial charge in [-0.2, -0.15) is 5.26 Å². The number of aromatic nitrogens is 2. The molecule has 108 valence electrons. The first-order valence-corrected chi connectivity index (χ1v) is 7.06. The summed E-state index contributed by atoms with van der Waals surface area (Å²) in [4.78, 5) is 6.38. The molecule has 3 aromatic rings. The van der Waals surface area contributed by atoms with Crippen LogP contribution in [0.15, 0.2) is 67.1 Å². The highest BCUT2D eigenvalue weighted by atomic mass is 15.2. The molecule has 0 N–H and O–H groups in total. The lowest BCUT2D eigenvalue weighted by atomic mass is 10.1. The smallest absolute Gasteiger partial charge is 0.133 e. The Bertz CT molecular complexity index is 782.